The fourth-order valence-electron chi connectivity index (χ4n) is 3.60. The molecule has 2 nitrogen and oxygen atoms in total. The molecule has 1 heterocycles. The lowest BCUT2D eigenvalue weighted by Crippen LogP contribution is -2.38. The van der Waals surface area contributed by atoms with Crippen LogP contribution in [-0.4, -0.2) is 10.5 Å². The van der Waals surface area contributed by atoms with Gasteiger partial charge in [0.1, 0.15) is 0 Å². The molecular formula is C24H15F6NO. The molecule has 8 heteroatoms. The summed E-state index contributed by atoms with van der Waals surface area (Å²) in [5, 5.41) is 12.9. The molecule has 164 valence electrons. The van der Waals surface area contributed by atoms with Gasteiger partial charge in [0.2, 0.25) is 11.8 Å². The molecule has 0 radical (unpaired) electrons. The topological polar surface area (TPSA) is 26.1 Å². The molecule has 1 aliphatic heterocycles. The number of halogens is 6. The van der Waals surface area contributed by atoms with Crippen LogP contribution < -0.4 is 0 Å². The van der Waals surface area contributed by atoms with Crippen LogP contribution >= 0.6 is 0 Å². The standard InChI is InChI=1S/C24H15F6NO/c25-23(26,27)18-10-6-16(7-11-18)21-20(14-15-4-2-1-3-5-15)22(31(21)32)17-8-12-19(13-9-17)24(28,29)30/h1-14,21H/b20-14+. The number of alkyl halides is 6. The molecule has 0 fully saturated rings. The molecule has 0 bridgehead atoms. The average molecular weight is 447 g/mol. The summed E-state index contributed by atoms with van der Waals surface area (Å²) in [6, 6.07) is 16.5. The van der Waals surface area contributed by atoms with Crippen molar-refractivity contribution in [2.24, 2.45) is 0 Å². The second kappa shape index (κ2) is 7.85. The van der Waals surface area contributed by atoms with Crippen molar-refractivity contribution in [2.75, 3.05) is 0 Å². The maximum absolute atomic E-state index is 12.9. The Labute approximate surface area is 179 Å². The summed E-state index contributed by atoms with van der Waals surface area (Å²) in [6.45, 7) is 0. The Morgan fingerprint density at radius 1 is 0.688 bits per heavy atom. The molecule has 1 unspecified atom stereocenters. The third-order valence-electron chi connectivity index (χ3n) is 5.18. The maximum atomic E-state index is 12.9. The minimum atomic E-state index is -4.51. The largest absolute Gasteiger partial charge is 0.623 e. The van der Waals surface area contributed by atoms with E-state index in [1.54, 1.807) is 36.4 Å². The molecule has 0 spiro atoms. The van der Waals surface area contributed by atoms with Crippen LogP contribution in [0, 0.1) is 5.21 Å². The van der Waals surface area contributed by atoms with Crippen molar-refractivity contribution in [1.82, 2.24) is 0 Å². The lowest BCUT2D eigenvalue weighted by atomic mass is 9.84. The van der Waals surface area contributed by atoms with Crippen LogP contribution in [0.3, 0.4) is 0 Å². The summed E-state index contributed by atoms with van der Waals surface area (Å²) < 4.78 is 77.9. The number of rotatable bonds is 3. The Morgan fingerprint density at radius 3 is 1.69 bits per heavy atom. The lowest BCUT2D eigenvalue weighted by Gasteiger charge is -2.31. The quantitative estimate of drug-likeness (QED) is 0.245. The van der Waals surface area contributed by atoms with E-state index in [0.29, 0.717) is 21.4 Å². The highest BCUT2D eigenvalue weighted by atomic mass is 19.4. The van der Waals surface area contributed by atoms with E-state index in [2.05, 4.69) is 0 Å². The van der Waals surface area contributed by atoms with Gasteiger partial charge >= 0.3 is 12.4 Å². The van der Waals surface area contributed by atoms with Gasteiger partial charge in [0, 0.05) is 11.1 Å². The summed E-state index contributed by atoms with van der Waals surface area (Å²) in [7, 11) is 0. The first-order valence-electron chi connectivity index (χ1n) is 9.51. The molecule has 0 saturated heterocycles. The Hall–Kier alpha value is -3.55. The zero-order chi connectivity index (χ0) is 23.1. The van der Waals surface area contributed by atoms with Crippen LogP contribution in [0.4, 0.5) is 26.3 Å². The molecule has 0 aliphatic carbocycles. The highest BCUT2D eigenvalue weighted by Crippen LogP contribution is 2.40. The van der Waals surface area contributed by atoms with E-state index in [-0.39, 0.29) is 5.71 Å². The number of nitrogens with zero attached hydrogens (tertiary/aromatic N) is 1. The SMILES string of the molecule is [O-][N+]1=C(c2ccc(C(F)(F)F)cc2)/C(=C/c2ccccc2)C1c1ccc(C(F)(F)F)cc1. The highest BCUT2D eigenvalue weighted by Gasteiger charge is 2.44. The van der Waals surface area contributed by atoms with Crippen LogP contribution in [0.15, 0.2) is 84.4 Å². The summed E-state index contributed by atoms with van der Waals surface area (Å²) in [5.74, 6) is 0. The molecule has 4 rings (SSSR count). The molecule has 0 amide bonds. The lowest BCUT2D eigenvalue weighted by molar-refractivity contribution is -0.516. The fourth-order valence-corrected chi connectivity index (χ4v) is 3.60. The monoisotopic (exact) mass is 447 g/mol. The van der Waals surface area contributed by atoms with Gasteiger partial charge in [0.25, 0.3) is 0 Å². The summed E-state index contributed by atoms with van der Waals surface area (Å²) in [6.07, 6.45) is -7.30. The normalized spacial score (nSPS) is 18.1. The maximum Gasteiger partial charge on any atom is 0.416 e. The van der Waals surface area contributed by atoms with Crippen molar-refractivity contribution in [3.63, 3.8) is 0 Å². The number of hydroxylamine groups is 1. The van der Waals surface area contributed by atoms with Gasteiger partial charge in [-0.2, -0.15) is 31.1 Å². The van der Waals surface area contributed by atoms with E-state index in [1.165, 1.54) is 24.3 Å². The van der Waals surface area contributed by atoms with Gasteiger partial charge in [-0.1, -0.05) is 42.5 Å². The van der Waals surface area contributed by atoms with Crippen molar-refractivity contribution in [2.45, 2.75) is 18.4 Å². The minimum absolute atomic E-state index is 0.174. The van der Waals surface area contributed by atoms with Gasteiger partial charge in [0.15, 0.2) is 0 Å². The Morgan fingerprint density at radius 2 is 1.19 bits per heavy atom. The molecule has 3 aromatic carbocycles. The smallest absolute Gasteiger partial charge is 0.416 e. The van der Waals surface area contributed by atoms with E-state index in [1.807, 2.05) is 0 Å². The van der Waals surface area contributed by atoms with E-state index in [9.17, 15) is 31.5 Å². The predicted molar refractivity (Wildman–Crippen MR) is 108 cm³/mol. The summed E-state index contributed by atoms with van der Waals surface area (Å²) >= 11 is 0. The molecular weight excluding hydrogens is 432 g/mol. The van der Waals surface area contributed by atoms with Crippen molar-refractivity contribution >= 4 is 11.8 Å². The number of hydrogen-bond acceptors (Lipinski definition) is 1. The van der Waals surface area contributed by atoms with Gasteiger partial charge in [0.05, 0.1) is 16.7 Å². The van der Waals surface area contributed by atoms with E-state index < -0.39 is 29.5 Å². The molecule has 0 N–H and O–H groups in total. The van der Waals surface area contributed by atoms with Gasteiger partial charge < -0.3 is 5.21 Å². The van der Waals surface area contributed by atoms with Gasteiger partial charge in [-0.15, -0.1) is 0 Å². The third-order valence-corrected chi connectivity index (χ3v) is 5.18. The van der Waals surface area contributed by atoms with Crippen molar-refractivity contribution in [3.8, 4) is 0 Å². The minimum Gasteiger partial charge on any atom is -0.623 e. The average Bonchev–Trinajstić information content (AvgIpc) is 2.74. The van der Waals surface area contributed by atoms with E-state index in [0.717, 1.165) is 29.8 Å². The van der Waals surface area contributed by atoms with Crippen LogP contribution in [0.2, 0.25) is 0 Å². The van der Waals surface area contributed by atoms with Gasteiger partial charge in [-0.05, 0) is 48.0 Å². The van der Waals surface area contributed by atoms with Crippen molar-refractivity contribution in [1.29, 1.82) is 0 Å². The van der Waals surface area contributed by atoms with Crippen LogP contribution in [0.5, 0.6) is 0 Å². The first-order valence-corrected chi connectivity index (χ1v) is 9.51. The van der Waals surface area contributed by atoms with Crippen molar-refractivity contribution in [3.05, 3.63) is 117 Å². The number of hydrogen-bond donors (Lipinski definition) is 0. The molecule has 0 aromatic heterocycles. The second-order valence-electron chi connectivity index (χ2n) is 7.28. The Balaban J connectivity index is 1.78. The molecule has 0 saturated carbocycles. The molecule has 3 aromatic rings. The number of benzene rings is 3. The second-order valence-corrected chi connectivity index (χ2v) is 7.28. The first kappa shape index (κ1) is 21.7. The third kappa shape index (κ3) is 4.12. The zero-order valence-corrected chi connectivity index (χ0v) is 16.3. The van der Waals surface area contributed by atoms with Crippen LogP contribution in [0.1, 0.15) is 33.9 Å². The molecule has 1 aliphatic rings. The molecule has 1 atom stereocenters. The van der Waals surface area contributed by atoms with E-state index >= 15 is 0 Å². The van der Waals surface area contributed by atoms with Crippen LogP contribution in [0.25, 0.3) is 6.08 Å². The van der Waals surface area contributed by atoms with Gasteiger partial charge in [-0.3, -0.25) is 0 Å². The van der Waals surface area contributed by atoms with Crippen LogP contribution in [-0.2, 0) is 12.4 Å². The zero-order valence-electron chi connectivity index (χ0n) is 16.3. The Bertz CT molecular complexity index is 1170. The highest BCUT2D eigenvalue weighted by molar-refractivity contribution is 6.15. The molecule has 32 heavy (non-hydrogen) atoms. The Kier molecular flexibility index (Phi) is 5.32. The first-order chi connectivity index (χ1) is 15.1. The fraction of sp³-hybridized carbons (Fsp3) is 0.125. The summed E-state index contributed by atoms with van der Waals surface area (Å²) in [5.41, 5.74) is 0.393. The summed E-state index contributed by atoms with van der Waals surface area (Å²) in [4.78, 5) is 0. The van der Waals surface area contributed by atoms with Gasteiger partial charge in [-0.25, -0.2) is 0 Å². The van der Waals surface area contributed by atoms with Crippen molar-refractivity contribution < 1.29 is 31.1 Å². The predicted octanol–water partition coefficient (Wildman–Crippen LogP) is 6.86. The van der Waals surface area contributed by atoms with E-state index in [4.69, 9.17) is 0 Å².